The van der Waals surface area contributed by atoms with Crippen LogP contribution in [-0.2, 0) is 4.79 Å². The number of hydrogen-bond acceptors (Lipinski definition) is 1. The highest BCUT2D eigenvalue weighted by Gasteiger charge is 1.84. The highest BCUT2D eigenvalue weighted by atomic mass is 16.1. The minimum Gasteiger partial charge on any atom is -0.345 e. The van der Waals surface area contributed by atoms with Gasteiger partial charge >= 0.3 is 0 Å². The van der Waals surface area contributed by atoms with E-state index in [1.54, 1.807) is 11.9 Å². The summed E-state index contributed by atoms with van der Waals surface area (Å²) >= 11 is 0. The average molecular weight is 140 g/mol. The van der Waals surface area contributed by atoms with E-state index >= 15 is 0 Å². The summed E-state index contributed by atoms with van der Waals surface area (Å²) in [6.07, 6.45) is 6.73. The molecule has 0 saturated carbocycles. The summed E-state index contributed by atoms with van der Waals surface area (Å²) in [4.78, 5) is 11.6. The molecule has 0 rings (SSSR count). The molecule has 0 unspecified atom stereocenters. The maximum Gasteiger partial charge on any atom is 0.209 e. The highest BCUT2D eigenvalue weighted by Crippen LogP contribution is 1.87. The van der Waals surface area contributed by atoms with Crippen LogP contribution < -0.4 is 0 Å². The maximum atomic E-state index is 10.0. The van der Waals surface area contributed by atoms with Crippen molar-refractivity contribution in [2.45, 2.75) is 12.8 Å². The summed E-state index contributed by atoms with van der Waals surface area (Å²) in [5, 5.41) is 0. The second-order valence-electron chi connectivity index (χ2n) is 2.16. The van der Waals surface area contributed by atoms with Gasteiger partial charge in [0.15, 0.2) is 0 Å². The van der Waals surface area contributed by atoms with Crippen molar-refractivity contribution < 1.29 is 4.79 Å². The molecule has 0 heterocycles. The molecular formula is C8H14NO. The Balaban J connectivity index is 3.24. The van der Waals surface area contributed by atoms with Crippen LogP contribution >= 0.6 is 0 Å². The van der Waals surface area contributed by atoms with Crippen molar-refractivity contribution in [1.29, 1.82) is 0 Å². The van der Waals surface area contributed by atoms with E-state index in [4.69, 9.17) is 0 Å². The fraction of sp³-hybridized carbons (Fsp3) is 0.500. The van der Waals surface area contributed by atoms with E-state index in [2.05, 4.69) is 6.92 Å². The lowest BCUT2D eigenvalue weighted by molar-refractivity contribution is -0.116. The number of carbonyl (C=O) groups is 1. The summed E-state index contributed by atoms with van der Waals surface area (Å²) < 4.78 is 0. The molecule has 0 aromatic rings. The first-order valence-electron chi connectivity index (χ1n) is 3.41. The van der Waals surface area contributed by atoms with Gasteiger partial charge < -0.3 is 4.90 Å². The normalized spacial score (nSPS) is 10.2. The molecule has 0 aliphatic heterocycles. The summed E-state index contributed by atoms with van der Waals surface area (Å²) in [5.74, 6) is 0. The van der Waals surface area contributed by atoms with Crippen molar-refractivity contribution in [2.24, 2.45) is 0 Å². The number of carbonyl (C=O) groups excluding carboxylic acids is 1. The van der Waals surface area contributed by atoms with Gasteiger partial charge in [-0.2, -0.15) is 0 Å². The van der Waals surface area contributed by atoms with E-state index in [9.17, 15) is 4.79 Å². The summed E-state index contributed by atoms with van der Waals surface area (Å²) in [6, 6.07) is 0. The topological polar surface area (TPSA) is 20.3 Å². The third-order valence-electron chi connectivity index (χ3n) is 1.11. The number of unbranched alkanes of at least 4 members (excludes halogenated alkanes) is 1. The number of hydrogen-bond donors (Lipinski definition) is 0. The van der Waals surface area contributed by atoms with Crippen LogP contribution in [-0.4, -0.2) is 24.9 Å². The van der Waals surface area contributed by atoms with E-state index in [0.717, 1.165) is 19.3 Å². The van der Waals surface area contributed by atoms with E-state index in [0.29, 0.717) is 6.54 Å². The first kappa shape index (κ1) is 9.21. The van der Waals surface area contributed by atoms with E-state index in [1.165, 1.54) is 0 Å². The van der Waals surface area contributed by atoms with Crippen LogP contribution in [0.1, 0.15) is 12.8 Å². The Morgan fingerprint density at radius 1 is 1.50 bits per heavy atom. The molecule has 0 spiro atoms. The molecule has 1 radical (unpaired) electrons. The number of amides is 1. The molecule has 0 N–H and O–H groups in total. The van der Waals surface area contributed by atoms with Crippen molar-refractivity contribution in [3.05, 3.63) is 19.1 Å². The third-order valence-corrected chi connectivity index (χ3v) is 1.11. The second-order valence-corrected chi connectivity index (χ2v) is 2.16. The zero-order valence-corrected chi connectivity index (χ0v) is 6.42. The fourth-order valence-corrected chi connectivity index (χ4v) is 0.520. The molecule has 0 aromatic heterocycles. The molecular weight excluding hydrogens is 126 g/mol. The van der Waals surface area contributed by atoms with Gasteiger partial charge in [0.05, 0.1) is 0 Å². The molecule has 0 atom stereocenters. The summed E-state index contributed by atoms with van der Waals surface area (Å²) in [5.41, 5.74) is 0. The van der Waals surface area contributed by atoms with Crippen molar-refractivity contribution in [3.8, 4) is 0 Å². The second kappa shape index (κ2) is 6.33. The zero-order chi connectivity index (χ0) is 7.82. The Hall–Kier alpha value is -0.790. The predicted molar refractivity (Wildman–Crippen MR) is 42.4 cm³/mol. The van der Waals surface area contributed by atoms with Crippen molar-refractivity contribution >= 4 is 6.41 Å². The SMILES string of the molecule is [CH2]CCC=CCN(C)C=O. The molecule has 0 fully saturated rings. The van der Waals surface area contributed by atoms with Gasteiger partial charge in [-0.1, -0.05) is 19.1 Å². The first-order chi connectivity index (χ1) is 4.81. The van der Waals surface area contributed by atoms with Crippen LogP contribution in [0.25, 0.3) is 0 Å². The number of nitrogens with zero attached hydrogens (tertiary/aromatic N) is 1. The lowest BCUT2D eigenvalue weighted by Gasteiger charge is -2.04. The lowest BCUT2D eigenvalue weighted by Crippen LogP contribution is -2.14. The van der Waals surface area contributed by atoms with Crippen LogP contribution in [0, 0.1) is 6.92 Å². The first-order valence-corrected chi connectivity index (χ1v) is 3.41. The van der Waals surface area contributed by atoms with Crippen molar-refractivity contribution in [2.75, 3.05) is 13.6 Å². The Kier molecular flexibility index (Phi) is 5.83. The van der Waals surface area contributed by atoms with Gasteiger partial charge in [0.2, 0.25) is 6.41 Å². The molecule has 57 valence electrons. The van der Waals surface area contributed by atoms with Crippen LogP contribution in [0.3, 0.4) is 0 Å². The van der Waals surface area contributed by atoms with Gasteiger partial charge in [-0.3, -0.25) is 4.79 Å². The third kappa shape index (κ3) is 5.35. The van der Waals surface area contributed by atoms with Crippen molar-refractivity contribution in [1.82, 2.24) is 4.90 Å². The van der Waals surface area contributed by atoms with Gasteiger partial charge in [-0.15, -0.1) is 0 Å². The van der Waals surface area contributed by atoms with Crippen molar-refractivity contribution in [3.63, 3.8) is 0 Å². The largest absolute Gasteiger partial charge is 0.345 e. The molecule has 0 aliphatic carbocycles. The fourth-order valence-electron chi connectivity index (χ4n) is 0.520. The molecule has 0 aromatic carbocycles. The highest BCUT2D eigenvalue weighted by molar-refractivity contribution is 5.46. The van der Waals surface area contributed by atoms with Gasteiger partial charge in [-0.05, 0) is 12.8 Å². The quantitative estimate of drug-likeness (QED) is 0.415. The molecule has 0 bridgehead atoms. The number of likely N-dealkylation sites (N-methyl/N-ethyl adjacent to an activating group) is 1. The van der Waals surface area contributed by atoms with E-state index in [-0.39, 0.29) is 0 Å². The Bertz CT molecular complexity index is 110. The molecule has 10 heavy (non-hydrogen) atoms. The Labute approximate surface area is 62.5 Å². The number of allylic oxidation sites excluding steroid dienone is 1. The lowest BCUT2D eigenvalue weighted by atomic mass is 10.3. The van der Waals surface area contributed by atoms with Crippen LogP contribution in [0.2, 0.25) is 0 Å². The predicted octanol–water partition coefficient (Wildman–Crippen LogP) is 1.25. The smallest absolute Gasteiger partial charge is 0.209 e. The molecule has 2 nitrogen and oxygen atoms in total. The number of rotatable bonds is 5. The van der Waals surface area contributed by atoms with Gasteiger partial charge in [0, 0.05) is 13.6 Å². The summed E-state index contributed by atoms with van der Waals surface area (Å²) in [6.45, 7) is 4.39. The molecule has 0 aliphatic rings. The van der Waals surface area contributed by atoms with Crippen LogP contribution in [0.15, 0.2) is 12.2 Å². The summed E-state index contributed by atoms with van der Waals surface area (Å²) in [7, 11) is 1.75. The minimum atomic E-state index is 0.698. The Morgan fingerprint density at radius 2 is 2.20 bits per heavy atom. The van der Waals surface area contributed by atoms with Crippen LogP contribution in [0.5, 0.6) is 0 Å². The molecule has 2 heteroatoms. The van der Waals surface area contributed by atoms with Crippen LogP contribution in [0.4, 0.5) is 0 Å². The Morgan fingerprint density at radius 3 is 2.70 bits per heavy atom. The average Bonchev–Trinajstić information content (AvgIpc) is 1.98. The molecule has 0 saturated heterocycles. The van der Waals surface area contributed by atoms with E-state index in [1.807, 2.05) is 12.2 Å². The zero-order valence-electron chi connectivity index (χ0n) is 6.42. The standard InChI is InChI=1S/C8H14NO/c1-3-4-5-6-7-9(2)8-10/h5-6,8H,1,3-4,7H2,2H3. The molecule has 1 amide bonds. The van der Waals surface area contributed by atoms with Gasteiger partial charge in [-0.25, -0.2) is 0 Å². The van der Waals surface area contributed by atoms with Gasteiger partial charge in [0.25, 0.3) is 0 Å². The monoisotopic (exact) mass is 140 g/mol. The van der Waals surface area contributed by atoms with Gasteiger partial charge in [0.1, 0.15) is 0 Å². The minimum absolute atomic E-state index is 0.698. The van der Waals surface area contributed by atoms with E-state index < -0.39 is 0 Å². The maximum absolute atomic E-state index is 10.0.